The Morgan fingerprint density at radius 1 is 1.21 bits per heavy atom. The molecule has 0 bridgehead atoms. The molecule has 0 spiro atoms. The van der Waals surface area contributed by atoms with E-state index in [2.05, 4.69) is 11.3 Å². The Hall–Kier alpha value is -1.07. The summed E-state index contributed by atoms with van der Waals surface area (Å²) in [6.45, 7) is 7.39. The van der Waals surface area contributed by atoms with Gasteiger partial charge < -0.3 is 18.9 Å². The molecule has 14 heavy (non-hydrogen) atoms. The van der Waals surface area contributed by atoms with Crippen LogP contribution in [0.25, 0.3) is 0 Å². The third kappa shape index (κ3) is 10.9. The summed E-state index contributed by atoms with van der Waals surface area (Å²) in [7, 11) is 0. The van der Waals surface area contributed by atoms with Crippen LogP contribution in [0.2, 0.25) is 0 Å². The molecule has 5 nitrogen and oxygen atoms in total. The van der Waals surface area contributed by atoms with Crippen LogP contribution < -0.4 is 0 Å². The topological polar surface area (TPSA) is 54.0 Å². The van der Waals surface area contributed by atoms with E-state index in [1.54, 1.807) is 6.92 Å². The van der Waals surface area contributed by atoms with Crippen LogP contribution in [0.3, 0.4) is 0 Å². The first kappa shape index (κ1) is 12.9. The SMILES string of the molecule is C=C(C)OCOCCOCCOC=O. The van der Waals surface area contributed by atoms with Crippen molar-refractivity contribution in [1.29, 1.82) is 0 Å². The Balaban J connectivity index is 2.92. The highest BCUT2D eigenvalue weighted by Crippen LogP contribution is 1.89. The number of ether oxygens (including phenoxy) is 4. The third-order valence-electron chi connectivity index (χ3n) is 1.17. The Morgan fingerprint density at radius 2 is 1.86 bits per heavy atom. The van der Waals surface area contributed by atoms with Gasteiger partial charge in [0.1, 0.15) is 6.61 Å². The highest BCUT2D eigenvalue weighted by atomic mass is 16.7. The Kier molecular flexibility index (Phi) is 9.25. The quantitative estimate of drug-likeness (QED) is 0.227. The van der Waals surface area contributed by atoms with Gasteiger partial charge in [-0.25, -0.2) is 0 Å². The first-order valence-electron chi connectivity index (χ1n) is 4.26. The molecular formula is C9H16O5. The van der Waals surface area contributed by atoms with Gasteiger partial charge in [0, 0.05) is 0 Å². The molecule has 0 rings (SSSR count). The molecule has 0 atom stereocenters. The minimum atomic E-state index is 0.184. The van der Waals surface area contributed by atoms with E-state index in [4.69, 9.17) is 14.2 Å². The van der Waals surface area contributed by atoms with Crippen LogP contribution in [0, 0.1) is 0 Å². The molecule has 0 amide bonds. The number of rotatable bonds is 10. The molecule has 0 saturated carbocycles. The molecule has 5 heteroatoms. The lowest BCUT2D eigenvalue weighted by atomic mass is 10.7. The molecule has 0 N–H and O–H groups in total. The van der Waals surface area contributed by atoms with Crippen LogP contribution in [0.4, 0.5) is 0 Å². The van der Waals surface area contributed by atoms with Crippen molar-refractivity contribution >= 4 is 6.47 Å². The van der Waals surface area contributed by atoms with Gasteiger partial charge in [0.05, 0.1) is 25.6 Å². The fourth-order valence-electron chi connectivity index (χ4n) is 0.576. The van der Waals surface area contributed by atoms with Crippen molar-refractivity contribution in [1.82, 2.24) is 0 Å². The Bertz CT molecular complexity index is 157. The fraction of sp³-hybridized carbons (Fsp3) is 0.667. The second-order valence-corrected chi connectivity index (χ2v) is 2.45. The van der Waals surface area contributed by atoms with Gasteiger partial charge in [-0.15, -0.1) is 0 Å². The second kappa shape index (κ2) is 10.0. The summed E-state index contributed by atoms with van der Waals surface area (Å²) in [5, 5.41) is 0. The number of allylic oxidation sites excluding steroid dienone is 1. The summed E-state index contributed by atoms with van der Waals surface area (Å²) in [5.74, 6) is 0.616. The maximum Gasteiger partial charge on any atom is 0.293 e. The van der Waals surface area contributed by atoms with Crippen LogP contribution in [-0.2, 0) is 23.7 Å². The third-order valence-corrected chi connectivity index (χ3v) is 1.17. The van der Waals surface area contributed by atoms with Crippen LogP contribution in [0.1, 0.15) is 6.92 Å². The predicted octanol–water partition coefficient (Wildman–Crippen LogP) is 0.700. The average molecular weight is 204 g/mol. The zero-order valence-electron chi connectivity index (χ0n) is 8.36. The lowest BCUT2D eigenvalue weighted by molar-refractivity contribution is -0.130. The summed E-state index contributed by atoms with van der Waals surface area (Å²) in [6, 6.07) is 0. The van der Waals surface area contributed by atoms with Gasteiger partial charge in [-0.3, -0.25) is 4.79 Å². The highest BCUT2D eigenvalue weighted by Gasteiger charge is 1.90. The molecule has 82 valence electrons. The molecule has 0 aliphatic carbocycles. The lowest BCUT2D eigenvalue weighted by Gasteiger charge is -2.06. The van der Waals surface area contributed by atoms with Crippen LogP contribution in [0.5, 0.6) is 0 Å². The largest absolute Gasteiger partial charge is 0.473 e. The molecule has 0 heterocycles. The summed E-state index contributed by atoms with van der Waals surface area (Å²) in [4.78, 5) is 9.72. The van der Waals surface area contributed by atoms with Gasteiger partial charge in [-0.2, -0.15) is 0 Å². The standard InChI is InChI=1S/C9H16O5/c1-9(2)14-8-13-6-4-11-3-5-12-7-10/h7H,1,3-6,8H2,2H3. The minimum Gasteiger partial charge on any atom is -0.473 e. The zero-order valence-corrected chi connectivity index (χ0v) is 8.36. The molecule has 0 aliphatic heterocycles. The number of carbonyl (C=O) groups is 1. The first-order valence-corrected chi connectivity index (χ1v) is 4.26. The maximum absolute atomic E-state index is 9.72. The summed E-state index contributed by atoms with van der Waals surface area (Å²) in [5.41, 5.74) is 0. The second-order valence-electron chi connectivity index (χ2n) is 2.45. The van der Waals surface area contributed by atoms with Gasteiger partial charge in [-0.1, -0.05) is 6.58 Å². The minimum absolute atomic E-state index is 0.184. The highest BCUT2D eigenvalue weighted by molar-refractivity contribution is 5.36. The zero-order chi connectivity index (χ0) is 10.6. The van der Waals surface area contributed by atoms with Crippen molar-refractivity contribution in [2.45, 2.75) is 6.92 Å². The molecule has 0 saturated heterocycles. The molecule has 0 unspecified atom stereocenters. The first-order chi connectivity index (χ1) is 6.77. The summed E-state index contributed by atoms with van der Waals surface area (Å²) < 4.78 is 19.4. The van der Waals surface area contributed by atoms with Gasteiger partial charge in [0.15, 0.2) is 6.79 Å². The summed E-state index contributed by atoms with van der Waals surface area (Å²) in [6.07, 6.45) is 0. The fourth-order valence-corrected chi connectivity index (χ4v) is 0.576. The van der Waals surface area contributed by atoms with E-state index in [-0.39, 0.29) is 13.4 Å². The van der Waals surface area contributed by atoms with E-state index < -0.39 is 0 Å². The molecule has 0 aromatic carbocycles. The van der Waals surface area contributed by atoms with E-state index in [0.29, 0.717) is 32.1 Å². The maximum atomic E-state index is 9.72. The Labute approximate surface area is 83.6 Å². The van der Waals surface area contributed by atoms with E-state index in [1.807, 2.05) is 0 Å². The normalized spacial score (nSPS) is 9.50. The van der Waals surface area contributed by atoms with E-state index in [9.17, 15) is 4.79 Å². The molecular weight excluding hydrogens is 188 g/mol. The van der Waals surface area contributed by atoms with E-state index in [0.717, 1.165) is 0 Å². The van der Waals surface area contributed by atoms with Gasteiger partial charge in [-0.05, 0) is 6.92 Å². The van der Waals surface area contributed by atoms with Crippen molar-refractivity contribution in [3.8, 4) is 0 Å². The smallest absolute Gasteiger partial charge is 0.293 e. The number of carbonyl (C=O) groups excluding carboxylic acids is 1. The average Bonchev–Trinajstić information content (AvgIpc) is 2.15. The number of hydrogen-bond acceptors (Lipinski definition) is 5. The van der Waals surface area contributed by atoms with Crippen molar-refractivity contribution in [3.63, 3.8) is 0 Å². The summed E-state index contributed by atoms with van der Waals surface area (Å²) >= 11 is 0. The lowest BCUT2D eigenvalue weighted by Crippen LogP contribution is -2.10. The monoisotopic (exact) mass is 204 g/mol. The molecule has 0 radical (unpaired) electrons. The van der Waals surface area contributed by atoms with Gasteiger partial charge in [0.2, 0.25) is 0 Å². The molecule has 0 aliphatic rings. The van der Waals surface area contributed by atoms with Crippen molar-refractivity contribution in [3.05, 3.63) is 12.3 Å². The van der Waals surface area contributed by atoms with Crippen LogP contribution in [0.15, 0.2) is 12.3 Å². The molecule has 0 fully saturated rings. The molecule has 0 aromatic rings. The van der Waals surface area contributed by atoms with E-state index in [1.165, 1.54) is 0 Å². The van der Waals surface area contributed by atoms with Gasteiger partial charge in [0.25, 0.3) is 6.47 Å². The van der Waals surface area contributed by atoms with Crippen LogP contribution >= 0.6 is 0 Å². The van der Waals surface area contributed by atoms with Crippen molar-refractivity contribution in [2.24, 2.45) is 0 Å². The Morgan fingerprint density at radius 3 is 2.50 bits per heavy atom. The molecule has 0 aromatic heterocycles. The van der Waals surface area contributed by atoms with Crippen LogP contribution in [-0.4, -0.2) is 39.7 Å². The van der Waals surface area contributed by atoms with Gasteiger partial charge >= 0.3 is 0 Å². The predicted molar refractivity (Wildman–Crippen MR) is 49.6 cm³/mol. The van der Waals surface area contributed by atoms with Crippen molar-refractivity contribution < 1.29 is 23.7 Å². The van der Waals surface area contributed by atoms with Crippen molar-refractivity contribution in [2.75, 3.05) is 33.2 Å². The van der Waals surface area contributed by atoms with E-state index >= 15 is 0 Å². The number of hydrogen-bond donors (Lipinski definition) is 0.